The van der Waals surface area contributed by atoms with Crippen LogP contribution in [0.1, 0.15) is 37.8 Å². The van der Waals surface area contributed by atoms with Gasteiger partial charge in [-0.1, -0.05) is 0 Å². The van der Waals surface area contributed by atoms with Crippen LogP contribution in [0.25, 0.3) is 0 Å². The lowest BCUT2D eigenvalue weighted by Crippen LogP contribution is -2.30. The van der Waals surface area contributed by atoms with Gasteiger partial charge in [-0.15, -0.1) is 0 Å². The summed E-state index contributed by atoms with van der Waals surface area (Å²) < 4.78 is 67.2. The van der Waals surface area contributed by atoms with Crippen molar-refractivity contribution in [2.24, 2.45) is 0 Å². The quantitative estimate of drug-likeness (QED) is 0.616. The Bertz CT molecular complexity index is 1170. The van der Waals surface area contributed by atoms with Crippen LogP contribution >= 0.6 is 0 Å². The lowest BCUT2D eigenvalue weighted by Gasteiger charge is -2.20. The average molecular weight is 469 g/mol. The Morgan fingerprint density at radius 3 is 2.03 bits per heavy atom. The van der Waals surface area contributed by atoms with E-state index in [-0.39, 0.29) is 33.0 Å². The Labute approximate surface area is 184 Å². The Hall–Kier alpha value is -2.30. The molecule has 1 aliphatic rings. The largest absolute Gasteiger partial charge is 0.495 e. The first-order valence-corrected chi connectivity index (χ1v) is 13.0. The maximum atomic E-state index is 13.3. The number of aryl methyl sites for hydroxylation is 2. The fourth-order valence-corrected chi connectivity index (χ4v) is 6.16. The van der Waals surface area contributed by atoms with Crippen molar-refractivity contribution in [3.63, 3.8) is 0 Å². The van der Waals surface area contributed by atoms with Crippen LogP contribution < -0.4 is 18.9 Å². The standard InChI is InChI=1S/C21H28N2O6S2/c1-14(2)22-30(24,25)17-9-10-19(28-3)18(13-17)23-31(26,27)21-12-16-8-6-5-7-15(16)11-20(21)29-4/h9-14,22-23H,5-8H2,1-4H3. The number of nitrogens with one attached hydrogen (secondary N) is 2. The molecule has 2 aromatic carbocycles. The van der Waals surface area contributed by atoms with E-state index in [0.717, 1.165) is 36.8 Å². The van der Waals surface area contributed by atoms with Crippen LogP contribution in [0.3, 0.4) is 0 Å². The summed E-state index contributed by atoms with van der Waals surface area (Å²) in [5.41, 5.74) is 2.10. The SMILES string of the molecule is COc1ccc(S(=O)(=O)NC(C)C)cc1NS(=O)(=O)c1cc2c(cc1OC)CCCC2. The van der Waals surface area contributed by atoms with Crippen molar-refractivity contribution in [1.29, 1.82) is 0 Å². The highest BCUT2D eigenvalue weighted by molar-refractivity contribution is 7.93. The highest BCUT2D eigenvalue weighted by Crippen LogP contribution is 2.35. The number of methoxy groups -OCH3 is 2. The Balaban J connectivity index is 2.04. The molecule has 0 radical (unpaired) electrons. The average Bonchev–Trinajstić information content (AvgIpc) is 2.71. The van der Waals surface area contributed by atoms with Gasteiger partial charge in [0.1, 0.15) is 16.4 Å². The van der Waals surface area contributed by atoms with Crippen molar-refractivity contribution in [3.05, 3.63) is 41.5 Å². The number of ether oxygens (including phenoxy) is 2. The summed E-state index contributed by atoms with van der Waals surface area (Å²) in [6, 6.07) is 7.12. The van der Waals surface area contributed by atoms with E-state index in [1.807, 2.05) is 0 Å². The molecule has 0 saturated carbocycles. The smallest absolute Gasteiger partial charge is 0.265 e. The van der Waals surface area contributed by atoms with Gasteiger partial charge >= 0.3 is 0 Å². The molecule has 3 rings (SSSR count). The normalized spacial score (nSPS) is 14.2. The molecular formula is C21H28N2O6S2. The summed E-state index contributed by atoms with van der Waals surface area (Å²) in [7, 11) is -5.09. The lowest BCUT2D eigenvalue weighted by atomic mass is 9.92. The fraction of sp³-hybridized carbons (Fsp3) is 0.429. The fourth-order valence-electron chi connectivity index (χ4n) is 3.62. The number of anilines is 1. The van der Waals surface area contributed by atoms with Gasteiger partial charge in [-0.25, -0.2) is 21.6 Å². The maximum Gasteiger partial charge on any atom is 0.265 e. The van der Waals surface area contributed by atoms with E-state index in [2.05, 4.69) is 9.44 Å². The number of hydrogen-bond acceptors (Lipinski definition) is 6. The van der Waals surface area contributed by atoms with Crippen molar-refractivity contribution >= 4 is 25.7 Å². The van der Waals surface area contributed by atoms with Crippen molar-refractivity contribution in [3.8, 4) is 11.5 Å². The second-order valence-electron chi connectivity index (χ2n) is 7.72. The first kappa shape index (κ1) is 23.4. The van der Waals surface area contributed by atoms with E-state index in [1.54, 1.807) is 26.0 Å². The van der Waals surface area contributed by atoms with Crippen molar-refractivity contribution in [1.82, 2.24) is 4.72 Å². The van der Waals surface area contributed by atoms with Crippen molar-refractivity contribution < 1.29 is 26.3 Å². The van der Waals surface area contributed by atoms with E-state index < -0.39 is 20.0 Å². The minimum atomic E-state index is -4.08. The van der Waals surface area contributed by atoms with Crippen LogP contribution in [0.5, 0.6) is 11.5 Å². The molecule has 0 unspecified atom stereocenters. The Morgan fingerprint density at radius 1 is 0.839 bits per heavy atom. The van der Waals surface area contributed by atoms with Gasteiger partial charge in [-0.05, 0) is 81.0 Å². The van der Waals surface area contributed by atoms with Gasteiger partial charge in [0, 0.05) is 6.04 Å². The van der Waals surface area contributed by atoms with Crippen LogP contribution in [0.4, 0.5) is 5.69 Å². The van der Waals surface area contributed by atoms with E-state index in [4.69, 9.17) is 9.47 Å². The zero-order valence-corrected chi connectivity index (χ0v) is 19.7. The van der Waals surface area contributed by atoms with Crippen LogP contribution in [-0.2, 0) is 32.9 Å². The summed E-state index contributed by atoms with van der Waals surface area (Å²) in [6.45, 7) is 3.40. The maximum absolute atomic E-state index is 13.3. The van der Waals surface area contributed by atoms with Crippen LogP contribution in [-0.4, -0.2) is 37.1 Å². The lowest BCUT2D eigenvalue weighted by molar-refractivity contribution is 0.401. The molecule has 0 heterocycles. The predicted octanol–water partition coefficient (Wildman–Crippen LogP) is 3.07. The highest BCUT2D eigenvalue weighted by atomic mass is 32.2. The molecule has 2 N–H and O–H groups in total. The van der Waals surface area contributed by atoms with Gasteiger partial charge in [-0.3, -0.25) is 4.72 Å². The van der Waals surface area contributed by atoms with Gasteiger partial charge in [0.15, 0.2) is 0 Å². The van der Waals surface area contributed by atoms with Crippen LogP contribution in [0.15, 0.2) is 40.1 Å². The molecule has 0 bridgehead atoms. The number of rotatable bonds is 8. The summed E-state index contributed by atoms with van der Waals surface area (Å²) in [4.78, 5) is -0.0663. The molecule has 0 spiro atoms. The molecule has 0 aromatic heterocycles. The highest BCUT2D eigenvalue weighted by Gasteiger charge is 2.26. The number of hydrogen-bond donors (Lipinski definition) is 2. The zero-order valence-electron chi connectivity index (χ0n) is 18.1. The van der Waals surface area contributed by atoms with Gasteiger partial charge in [0.05, 0.1) is 24.8 Å². The molecule has 0 fully saturated rings. The predicted molar refractivity (Wildman–Crippen MR) is 119 cm³/mol. The van der Waals surface area contributed by atoms with Crippen LogP contribution in [0, 0.1) is 0 Å². The monoisotopic (exact) mass is 468 g/mol. The number of sulfonamides is 2. The van der Waals surface area contributed by atoms with E-state index >= 15 is 0 Å². The molecule has 31 heavy (non-hydrogen) atoms. The summed E-state index contributed by atoms with van der Waals surface area (Å²) in [6.07, 6.45) is 3.75. The Kier molecular flexibility index (Phi) is 6.82. The van der Waals surface area contributed by atoms with Crippen molar-refractivity contribution in [2.45, 2.75) is 55.4 Å². The molecule has 0 amide bonds. The molecule has 0 saturated heterocycles. The first-order chi connectivity index (χ1) is 14.6. The zero-order chi connectivity index (χ0) is 22.8. The Morgan fingerprint density at radius 2 is 1.45 bits per heavy atom. The molecule has 8 nitrogen and oxygen atoms in total. The molecule has 1 aliphatic carbocycles. The number of fused-ring (bicyclic) bond motifs is 1. The van der Waals surface area contributed by atoms with E-state index in [9.17, 15) is 16.8 Å². The van der Waals surface area contributed by atoms with Gasteiger partial charge < -0.3 is 9.47 Å². The third kappa shape index (κ3) is 5.13. The second kappa shape index (κ2) is 9.05. The molecule has 170 valence electrons. The molecule has 2 aromatic rings. The summed E-state index contributed by atoms with van der Waals surface area (Å²) in [5.74, 6) is 0.446. The summed E-state index contributed by atoms with van der Waals surface area (Å²) in [5, 5.41) is 0. The van der Waals surface area contributed by atoms with Gasteiger partial charge in [0.25, 0.3) is 10.0 Å². The minimum Gasteiger partial charge on any atom is -0.495 e. The van der Waals surface area contributed by atoms with E-state index in [0.29, 0.717) is 0 Å². The van der Waals surface area contributed by atoms with Gasteiger partial charge in [-0.2, -0.15) is 0 Å². The van der Waals surface area contributed by atoms with E-state index in [1.165, 1.54) is 32.4 Å². The molecule has 0 atom stereocenters. The molecule has 0 aliphatic heterocycles. The molecular weight excluding hydrogens is 440 g/mol. The molecule has 10 heteroatoms. The van der Waals surface area contributed by atoms with Crippen LogP contribution in [0.2, 0.25) is 0 Å². The topological polar surface area (TPSA) is 111 Å². The third-order valence-electron chi connectivity index (χ3n) is 5.03. The minimum absolute atomic E-state index is 0.00580. The van der Waals surface area contributed by atoms with Crippen molar-refractivity contribution in [2.75, 3.05) is 18.9 Å². The summed E-state index contributed by atoms with van der Waals surface area (Å²) >= 11 is 0. The second-order valence-corrected chi connectivity index (χ2v) is 11.1. The third-order valence-corrected chi connectivity index (χ3v) is 8.08. The van der Waals surface area contributed by atoms with Gasteiger partial charge in [0.2, 0.25) is 10.0 Å². The first-order valence-electron chi connectivity index (χ1n) is 10.0. The number of benzene rings is 2.